The summed E-state index contributed by atoms with van der Waals surface area (Å²) in [5.41, 5.74) is 1.94. The SMILES string of the molecule is CC[C@H](C)c1ccccc1NC(=S)NC(=O)C(Cl)(Cl)Cl. The molecule has 0 radical (unpaired) electrons. The Labute approximate surface area is 139 Å². The summed E-state index contributed by atoms with van der Waals surface area (Å²) in [6.07, 6.45) is 0.992. The molecule has 0 aliphatic carbocycles. The molecular weight excluding hydrogens is 339 g/mol. The Morgan fingerprint density at radius 3 is 2.50 bits per heavy atom. The topological polar surface area (TPSA) is 41.1 Å². The summed E-state index contributed by atoms with van der Waals surface area (Å²) in [7, 11) is 0. The number of halogens is 3. The highest BCUT2D eigenvalue weighted by atomic mass is 35.6. The number of carbonyl (C=O) groups excluding carboxylic acids is 1. The van der Waals surface area contributed by atoms with Gasteiger partial charge in [0.05, 0.1) is 0 Å². The number of hydrogen-bond acceptors (Lipinski definition) is 2. The molecule has 0 aliphatic rings. The minimum Gasteiger partial charge on any atom is -0.332 e. The van der Waals surface area contributed by atoms with Crippen LogP contribution in [0.5, 0.6) is 0 Å². The molecule has 1 atom stereocenters. The van der Waals surface area contributed by atoms with Gasteiger partial charge in [-0.2, -0.15) is 0 Å². The van der Waals surface area contributed by atoms with Gasteiger partial charge in [0.25, 0.3) is 9.70 Å². The molecule has 20 heavy (non-hydrogen) atoms. The van der Waals surface area contributed by atoms with Gasteiger partial charge in [0.1, 0.15) is 0 Å². The van der Waals surface area contributed by atoms with Crippen LogP contribution >= 0.6 is 47.0 Å². The number of hydrogen-bond donors (Lipinski definition) is 2. The lowest BCUT2D eigenvalue weighted by Gasteiger charge is -2.18. The molecule has 2 N–H and O–H groups in total. The van der Waals surface area contributed by atoms with E-state index in [9.17, 15) is 4.79 Å². The summed E-state index contributed by atoms with van der Waals surface area (Å²) in [5.74, 6) is -0.425. The molecule has 0 saturated carbocycles. The number of thiocarbonyl (C=S) groups is 1. The lowest BCUT2D eigenvalue weighted by Crippen LogP contribution is -2.41. The lowest BCUT2D eigenvalue weighted by atomic mass is 9.97. The number of benzene rings is 1. The van der Waals surface area contributed by atoms with E-state index in [0.717, 1.165) is 17.7 Å². The zero-order valence-electron chi connectivity index (χ0n) is 11.0. The van der Waals surface area contributed by atoms with Crippen LogP contribution in [-0.4, -0.2) is 14.8 Å². The van der Waals surface area contributed by atoms with Crippen LogP contribution in [0.1, 0.15) is 31.7 Å². The van der Waals surface area contributed by atoms with E-state index in [2.05, 4.69) is 24.5 Å². The van der Waals surface area contributed by atoms with Crippen molar-refractivity contribution in [2.75, 3.05) is 5.32 Å². The van der Waals surface area contributed by atoms with E-state index in [4.69, 9.17) is 47.0 Å². The van der Waals surface area contributed by atoms with Gasteiger partial charge in [0.15, 0.2) is 5.11 Å². The van der Waals surface area contributed by atoms with Crippen molar-refractivity contribution in [1.82, 2.24) is 5.32 Å². The van der Waals surface area contributed by atoms with Crippen molar-refractivity contribution in [2.24, 2.45) is 0 Å². The first-order valence-electron chi connectivity index (χ1n) is 6.03. The largest absolute Gasteiger partial charge is 0.332 e. The Balaban J connectivity index is 2.79. The maximum absolute atomic E-state index is 11.5. The summed E-state index contributed by atoms with van der Waals surface area (Å²) in [6.45, 7) is 4.22. The third-order valence-electron chi connectivity index (χ3n) is 2.84. The molecule has 0 aliphatic heterocycles. The van der Waals surface area contributed by atoms with Gasteiger partial charge in [0.2, 0.25) is 0 Å². The summed E-state index contributed by atoms with van der Waals surface area (Å²) < 4.78 is -2.04. The van der Waals surface area contributed by atoms with Crippen molar-refractivity contribution in [3.05, 3.63) is 29.8 Å². The van der Waals surface area contributed by atoms with Crippen molar-refractivity contribution in [1.29, 1.82) is 0 Å². The van der Waals surface area contributed by atoms with Crippen LogP contribution < -0.4 is 10.6 Å². The Hall–Kier alpha value is -0.550. The van der Waals surface area contributed by atoms with Gasteiger partial charge < -0.3 is 5.32 Å². The van der Waals surface area contributed by atoms with Gasteiger partial charge in [-0.15, -0.1) is 0 Å². The third kappa shape index (κ3) is 5.09. The maximum Gasteiger partial charge on any atom is 0.278 e. The molecule has 0 saturated heterocycles. The normalized spacial score (nSPS) is 12.7. The molecule has 0 aromatic heterocycles. The van der Waals surface area contributed by atoms with Crippen molar-refractivity contribution in [2.45, 2.75) is 30.0 Å². The molecule has 110 valence electrons. The van der Waals surface area contributed by atoms with Gasteiger partial charge in [-0.25, -0.2) is 0 Å². The fourth-order valence-corrected chi connectivity index (χ4v) is 1.93. The van der Waals surface area contributed by atoms with Crippen LogP contribution in [0.4, 0.5) is 5.69 Å². The van der Waals surface area contributed by atoms with Crippen LogP contribution in [0, 0.1) is 0 Å². The molecule has 0 fully saturated rings. The number of carbonyl (C=O) groups is 1. The first-order chi connectivity index (χ1) is 9.25. The minimum absolute atomic E-state index is 0.0945. The molecular formula is C13H15Cl3N2OS. The summed E-state index contributed by atoms with van der Waals surface area (Å²) in [4.78, 5) is 11.5. The second kappa shape index (κ2) is 7.46. The standard InChI is InChI=1S/C13H15Cl3N2OS/c1-3-8(2)9-6-4-5-7-10(9)17-12(20)18-11(19)13(14,15)16/h4-8H,3H2,1-2H3,(H2,17,18,19,20)/t8-/m0/s1. The van der Waals surface area contributed by atoms with Crippen molar-refractivity contribution in [3.8, 4) is 0 Å². The Morgan fingerprint density at radius 2 is 1.95 bits per heavy atom. The third-order valence-corrected chi connectivity index (χ3v) is 3.56. The Bertz CT molecular complexity index is 503. The van der Waals surface area contributed by atoms with Crippen molar-refractivity contribution >= 4 is 63.7 Å². The number of anilines is 1. The first-order valence-corrected chi connectivity index (χ1v) is 7.58. The smallest absolute Gasteiger partial charge is 0.278 e. The molecule has 0 spiro atoms. The van der Waals surface area contributed by atoms with E-state index >= 15 is 0 Å². The molecule has 1 rings (SSSR count). The van der Waals surface area contributed by atoms with Crippen LogP contribution in [0.15, 0.2) is 24.3 Å². The fraction of sp³-hybridized carbons (Fsp3) is 0.385. The van der Waals surface area contributed by atoms with Gasteiger partial charge >= 0.3 is 0 Å². The van der Waals surface area contributed by atoms with Crippen LogP contribution in [0.2, 0.25) is 0 Å². The first kappa shape index (κ1) is 17.5. The quantitative estimate of drug-likeness (QED) is 0.626. The molecule has 0 bridgehead atoms. The number of alkyl halides is 3. The van der Waals surface area contributed by atoms with E-state index in [0.29, 0.717) is 5.92 Å². The average Bonchev–Trinajstić information content (AvgIpc) is 2.37. The van der Waals surface area contributed by atoms with Crippen molar-refractivity contribution < 1.29 is 4.79 Å². The van der Waals surface area contributed by atoms with Gasteiger partial charge in [-0.3, -0.25) is 10.1 Å². The highest BCUT2D eigenvalue weighted by Crippen LogP contribution is 2.27. The predicted molar refractivity (Wildman–Crippen MR) is 89.8 cm³/mol. The van der Waals surface area contributed by atoms with Crippen LogP contribution in [-0.2, 0) is 4.79 Å². The van der Waals surface area contributed by atoms with Crippen LogP contribution in [0.3, 0.4) is 0 Å². The van der Waals surface area contributed by atoms with Crippen molar-refractivity contribution in [3.63, 3.8) is 0 Å². The summed E-state index contributed by atoms with van der Waals surface area (Å²) >= 11 is 21.4. The second-order valence-electron chi connectivity index (χ2n) is 4.30. The molecule has 0 unspecified atom stereocenters. The van der Waals surface area contributed by atoms with Gasteiger partial charge in [-0.05, 0) is 36.2 Å². The summed E-state index contributed by atoms with van der Waals surface area (Å²) in [5, 5.41) is 5.38. The predicted octanol–water partition coefficient (Wildman–Crippen LogP) is 4.38. The Kier molecular flexibility index (Phi) is 6.52. The number of rotatable bonds is 3. The second-order valence-corrected chi connectivity index (χ2v) is 6.99. The van der Waals surface area contributed by atoms with E-state index in [1.54, 1.807) is 0 Å². The highest BCUT2D eigenvalue weighted by Gasteiger charge is 2.31. The number of para-hydroxylation sites is 1. The fourth-order valence-electron chi connectivity index (χ4n) is 1.59. The molecule has 7 heteroatoms. The lowest BCUT2D eigenvalue weighted by molar-refractivity contribution is -0.118. The molecule has 3 nitrogen and oxygen atoms in total. The van der Waals surface area contributed by atoms with Gasteiger partial charge in [0, 0.05) is 5.69 Å². The van der Waals surface area contributed by atoms with Crippen LogP contribution in [0.25, 0.3) is 0 Å². The Morgan fingerprint density at radius 1 is 1.35 bits per heavy atom. The highest BCUT2D eigenvalue weighted by molar-refractivity contribution is 7.80. The monoisotopic (exact) mass is 352 g/mol. The zero-order valence-corrected chi connectivity index (χ0v) is 14.1. The van der Waals surface area contributed by atoms with Gasteiger partial charge in [-0.1, -0.05) is 66.8 Å². The van der Waals surface area contributed by atoms with E-state index < -0.39 is 9.70 Å². The zero-order chi connectivity index (χ0) is 15.3. The summed E-state index contributed by atoms with van der Waals surface area (Å²) in [6, 6.07) is 7.73. The van der Waals surface area contributed by atoms with E-state index in [1.807, 2.05) is 24.3 Å². The molecule has 1 aromatic rings. The molecule has 1 aromatic carbocycles. The minimum atomic E-state index is -2.04. The number of amides is 1. The van der Waals surface area contributed by atoms with E-state index in [1.165, 1.54) is 0 Å². The molecule has 0 heterocycles. The molecule has 1 amide bonds. The average molecular weight is 354 g/mol. The maximum atomic E-state index is 11.5. The van der Waals surface area contributed by atoms with E-state index in [-0.39, 0.29) is 5.11 Å². The number of nitrogens with one attached hydrogen (secondary N) is 2.